The van der Waals surface area contributed by atoms with E-state index in [2.05, 4.69) is 5.32 Å². The summed E-state index contributed by atoms with van der Waals surface area (Å²) < 4.78 is 24.3. The minimum absolute atomic E-state index is 0.0379. The van der Waals surface area contributed by atoms with Crippen molar-refractivity contribution in [1.82, 2.24) is 10.2 Å². The average Bonchev–Trinajstić information content (AvgIpc) is 3.30. The highest BCUT2D eigenvalue weighted by Crippen LogP contribution is 2.34. The van der Waals surface area contributed by atoms with Crippen molar-refractivity contribution in [3.05, 3.63) is 23.5 Å². The Hall–Kier alpha value is -2.31. The van der Waals surface area contributed by atoms with Crippen LogP contribution in [-0.4, -0.2) is 49.6 Å². The van der Waals surface area contributed by atoms with Gasteiger partial charge in [-0.2, -0.15) is 0 Å². The summed E-state index contributed by atoms with van der Waals surface area (Å²) in [5.74, 6) is -0.928. The maximum Gasteiger partial charge on any atom is 0.258 e. The van der Waals surface area contributed by atoms with Crippen LogP contribution in [0, 0.1) is 5.82 Å². The summed E-state index contributed by atoms with van der Waals surface area (Å²) in [6.45, 7) is 0.475. The molecule has 1 saturated carbocycles. The van der Waals surface area contributed by atoms with E-state index in [9.17, 15) is 14.0 Å². The Morgan fingerprint density at radius 2 is 2.04 bits per heavy atom. The predicted octanol–water partition coefficient (Wildman–Crippen LogP) is 1.34. The molecule has 0 spiro atoms. The third-order valence-electron chi connectivity index (χ3n) is 4.20. The molecular formula is C16H19FN2O4. The molecule has 7 heteroatoms. The van der Waals surface area contributed by atoms with Crippen LogP contribution in [0.25, 0.3) is 0 Å². The number of carbonyl (C=O) groups excluding carboxylic acids is 2. The molecule has 0 radical (unpaired) electrons. The van der Waals surface area contributed by atoms with Crippen molar-refractivity contribution in [2.24, 2.45) is 0 Å². The molecule has 1 aliphatic heterocycles. The minimum atomic E-state index is -0.691. The molecular weight excluding hydrogens is 303 g/mol. The first-order valence-electron chi connectivity index (χ1n) is 7.56. The number of carbonyl (C=O) groups is 2. The molecule has 2 aliphatic rings. The smallest absolute Gasteiger partial charge is 0.258 e. The summed E-state index contributed by atoms with van der Waals surface area (Å²) >= 11 is 0. The Balaban J connectivity index is 1.77. The molecule has 1 N–H and O–H groups in total. The maximum absolute atomic E-state index is 14.1. The first kappa shape index (κ1) is 15.6. The van der Waals surface area contributed by atoms with E-state index in [4.69, 9.17) is 9.47 Å². The Bertz CT molecular complexity index is 645. The lowest BCUT2D eigenvalue weighted by atomic mass is 10.1. The molecule has 1 atom stereocenters. The molecule has 1 aliphatic carbocycles. The van der Waals surface area contributed by atoms with Crippen molar-refractivity contribution in [3.8, 4) is 11.5 Å². The molecule has 124 valence electrons. The van der Waals surface area contributed by atoms with E-state index >= 15 is 0 Å². The molecule has 1 saturated heterocycles. The molecule has 6 nitrogen and oxygen atoms in total. The van der Waals surface area contributed by atoms with Gasteiger partial charge in [0.05, 0.1) is 20.3 Å². The van der Waals surface area contributed by atoms with E-state index in [1.54, 1.807) is 4.90 Å². The Morgan fingerprint density at radius 1 is 1.30 bits per heavy atom. The van der Waals surface area contributed by atoms with E-state index in [0.29, 0.717) is 12.6 Å². The van der Waals surface area contributed by atoms with Gasteiger partial charge in [-0.3, -0.25) is 9.59 Å². The van der Waals surface area contributed by atoms with E-state index in [0.717, 1.165) is 18.9 Å². The van der Waals surface area contributed by atoms with Crippen molar-refractivity contribution in [1.29, 1.82) is 0 Å². The number of nitrogens with zero attached hydrogens (tertiary/aromatic N) is 1. The largest absolute Gasteiger partial charge is 0.493 e. The molecule has 23 heavy (non-hydrogen) atoms. The summed E-state index contributed by atoms with van der Waals surface area (Å²) in [6, 6.07) is 2.56. The monoisotopic (exact) mass is 322 g/mol. The zero-order chi connectivity index (χ0) is 16.6. The van der Waals surface area contributed by atoms with E-state index in [1.165, 1.54) is 20.3 Å². The first-order valence-corrected chi connectivity index (χ1v) is 7.56. The Kier molecular flexibility index (Phi) is 4.11. The van der Waals surface area contributed by atoms with Crippen LogP contribution in [0.2, 0.25) is 0 Å². The van der Waals surface area contributed by atoms with E-state index < -0.39 is 11.7 Å². The van der Waals surface area contributed by atoms with E-state index in [-0.39, 0.29) is 35.4 Å². The second-order valence-electron chi connectivity index (χ2n) is 5.81. The summed E-state index contributed by atoms with van der Waals surface area (Å²) in [5, 5.41) is 2.73. The molecule has 1 aromatic carbocycles. The maximum atomic E-state index is 14.1. The van der Waals surface area contributed by atoms with Crippen molar-refractivity contribution in [2.75, 3.05) is 20.8 Å². The highest BCUT2D eigenvalue weighted by molar-refractivity contribution is 5.98. The van der Waals surface area contributed by atoms with Crippen LogP contribution in [0.4, 0.5) is 4.39 Å². The molecule has 1 aromatic rings. The number of halogens is 1. The van der Waals surface area contributed by atoms with Gasteiger partial charge in [0.25, 0.3) is 5.91 Å². The van der Waals surface area contributed by atoms with Gasteiger partial charge < -0.3 is 19.7 Å². The Labute approximate surface area is 133 Å². The summed E-state index contributed by atoms with van der Waals surface area (Å²) in [7, 11) is 2.77. The fraction of sp³-hybridized carbons (Fsp3) is 0.500. The number of benzene rings is 1. The fourth-order valence-corrected chi connectivity index (χ4v) is 2.94. The molecule has 0 aromatic heterocycles. The number of methoxy groups -OCH3 is 2. The number of hydrogen-bond acceptors (Lipinski definition) is 4. The highest BCUT2D eigenvalue weighted by atomic mass is 19.1. The number of likely N-dealkylation sites (tertiary alicyclic amines) is 1. The fourth-order valence-electron chi connectivity index (χ4n) is 2.94. The molecule has 2 amide bonds. The standard InChI is InChI=1S/C16H19FN2O4/c1-22-12-6-5-11(17)14(15(12)23-2)16(21)18-9-7-13(20)19(8-9)10-3-4-10/h5-6,9-10H,3-4,7-8H2,1-2H3,(H,18,21). The van der Waals surface area contributed by atoms with E-state index in [1.807, 2.05) is 0 Å². The van der Waals surface area contributed by atoms with Crippen LogP contribution >= 0.6 is 0 Å². The third-order valence-corrected chi connectivity index (χ3v) is 4.20. The van der Waals surface area contributed by atoms with Crippen molar-refractivity contribution in [3.63, 3.8) is 0 Å². The van der Waals surface area contributed by atoms with Gasteiger partial charge >= 0.3 is 0 Å². The van der Waals surface area contributed by atoms with Gasteiger partial charge in [-0.15, -0.1) is 0 Å². The predicted molar refractivity (Wildman–Crippen MR) is 80.1 cm³/mol. The highest BCUT2D eigenvalue weighted by Gasteiger charge is 2.40. The van der Waals surface area contributed by atoms with Gasteiger partial charge in [-0.1, -0.05) is 0 Å². The van der Waals surface area contributed by atoms with Crippen LogP contribution in [0.5, 0.6) is 11.5 Å². The first-order chi connectivity index (χ1) is 11.0. The summed E-state index contributed by atoms with van der Waals surface area (Å²) in [4.78, 5) is 26.2. The lowest BCUT2D eigenvalue weighted by Gasteiger charge is -2.17. The SMILES string of the molecule is COc1ccc(F)c(C(=O)NC2CC(=O)N(C3CC3)C2)c1OC. The number of amides is 2. The number of hydrogen-bond donors (Lipinski definition) is 1. The number of nitrogens with one attached hydrogen (secondary N) is 1. The van der Waals surface area contributed by atoms with Crippen molar-refractivity contribution >= 4 is 11.8 Å². The van der Waals surface area contributed by atoms with Crippen LogP contribution < -0.4 is 14.8 Å². The topological polar surface area (TPSA) is 67.9 Å². The second-order valence-corrected chi connectivity index (χ2v) is 5.81. The molecule has 2 fully saturated rings. The molecule has 0 bridgehead atoms. The van der Waals surface area contributed by atoms with Gasteiger partial charge in [-0.25, -0.2) is 4.39 Å². The van der Waals surface area contributed by atoms with Crippen LogP contribution in [0.15, 0.2) is 12.1 Å². The molecule has 1 unspecified atom stereocenters. The number of rotatable bonds is 5. The second kappa shape index (κ2) is 6.06. The normalized spacial score (nSPS) is 20.6. The van der Waals surface area contributed by atoms with Crippen LogP contribution in [0.1, 0.15) is 29.6 Å². The van der Waals surface area contributed by atoms with Crippen molar-refractivity contribution < 1.29 is 23.5 Å². The zero-order valence-corrected chi connectivity index (χ0v) is 13.1. The number of ether oxygens (including phenoxy) is 2. The van der Waals surface area contributed by atoms with Gasteiger partial charge in [0.1, 0.15) is 11.4 Å². The lowest BCUT2D eigenvalue weighted by molar-refractivity contribution is -0.128. The van der Waals surface area contributed by atoms with Gasteiger partial charge in [0.15, 0.2) is 11.5 Å². The van der Waals surface area contributed by atoms with Crippen LogP contribution in [0.3, 0.4) is 0 Å². The Morgan fingerprint density at radius 3 is 2.65 bits per heavy atom. The summed E-state index contributed by atoms with van der Waals surface area (Å²) in [6.07, 6.45) is 2.28. The van der Waals surface area contributed by atoms with Gasteiger partial charge in [0.2, 0.25) is 5.91 Å². The third kappa shape index (κ3) is 2.95. The molecule has 1 heterocycles. The van der Waals surface area contributed by atoms with Gasteiger partial charge in [0, 0.05) is 19.0 Å². The van der Waals surface area contributed by atoms with Crippen LogP contribution in [-0.2, 0) is 4.79 Å². The molecule has 3 rings (SSSR count). The zero-order valence-electron chi connectivity index (χ0n) is 13.1. The quantitative estimate of drug-likeness (QED) is 0.888. The van der Waals surface area contributed by atoms with Gasteiger partial charge in [-0.05, 0) is 25.0 Å². The minimum Gasteiger partial charge on any atom is -0.493 e. The lowest BCUT2D eigenvalue weighted by Crippen LogP contribution is -2.38. The summed E-state index contributed by atoms with van der Waals surface area (Å²) in [5.41, 5.74) is -0.204. The van der Waals surface area contributed by atoms with Crippen molar-refractivity contribution in [2.45, 2.75) is 31.3 Å². The average molecular weight is 322 g/mol.